The van der Waals surface area contributed by atoms with Crippen LogP contribution < -0.4 is 5.32 Å². The number of hydrogen-bond donors (Lipinski definition) is 2. The van der Waals surface area contributed by atoms with Crippen LogP contribution in [0, 0.1) is 6.92 Å². The number of Topliss-reactive ketones (excluding diaryl/α,β-unsaturated/α-hetero) is 1. The lowest BCUT2D eigenvalue weighted by atomic mass is 10.0. The maximum atomic E-state index is 12.2. The molecule has 0 saturated heterocycles. The normalized spacial score (nSPS) is 11.2. The van der Waals surface area contributed by atoms with E-state index in [2.05, 4.69) is 10.3 Å². The summed E-state index contributed by atoms with van der Waals surface area (Å²) in [4.78, 5) is 38.6. The Bertz CT molecular complexity index is 600. The highest BCUT2D eigenvalue weighted by Crippen LogP contribution is 2.21. The lowest BCUT2D eigenvalue weighted by Gasteiger charge is -2.24. The van der Waals surface area contributed by atoms with Crippen molar-refractivity contribution in [1.82, 2.24) is 10.3 Å². The van der Waals surface area contributed by atoms with Crippen LogP contribution in [0.15, 0.2) is 0 Å². The number of ketones is 1. The van der Waals surface area contributed by atoms with E-state index >= 15 is 0 Å². The Kier molecular flexibility index (Phi) is 5.52. The third-order valence-corrected chi connectivity index (χ3v) is 3.77. The Morgan fingerprint density at radius 2 is 1.86 bits per heavy atom. The summed E-state index contributed by atoms with van der Waals surface area (Å²) >= 11 is 0. The first-order chi connectivity index (χ1) is 10.1. The van der Waals surface area contributed by atoms with Gasteiger partial charge >= 0.3 is 5.97 Å². The molecule has 1 aromatic rings. The van der Waals surface area contributed by atoms with Crippen LogP contribution in [0.5, 0.6) is 0 Å². The van der Waals surface area contributed by atoms with Crippen molar-refractivity contribution >= 4 is 17.7 Å². The fraction of sp³-hybridized carbons (Fsp3) is 0.562. The van der Waals surface area contributed by atoms with E-state index in [-0.39, 0.29) is 29.2 Å². The number of amides is 1. The smallest absolute Gasteiger partial charge is 0.339 e. The van der Waals surface area contributed by atoms with Crippen LogP contribution in [0.1, 0.15) is 66.2 Å². The van der Waals surface area contributed by atoms with E-state index in [1.807, 2.05) is 20.8 Å². The standard InChI is InChI=1S/C16H24N2O4/c1-7-16(4,5)18-12(20)8-11-13(15(21)22-6)9(2)14(17-11)10(3)19/h17H,7-8H2,1-6H3,(H,18,20). The number of rotatable bonds is 6. The van der Waals surface area contributed by atoms with E-state index in [1.54, 1.807) is 6.92 Å². The highest BCUT2D eigenvalue weighted by atomic mass is 16.5. The molecule has 0 atom stereocenters. The molecule has 6 nitrogen and oxygen atoms in total. The van der Waals surface area contributed by atoms with Gasteiger partial charge in [0.1, 0.15) is 0 Å². The van der Waals surface area contributed by atoms with Crippen molar-refractivity contribution in [2.75, 3.05) is 7.11 Å². The lowest BCUT2D eigenvalue weighted by Crippen LogP contribution is -2.43. The summed E-state index contributed by atoms with van der Waals surface area (Å²) in [6, 6.07) is 0. The number of carbonyl (C=O) groups is 3. The predicted molar refractivity (Wildman–Crippen MR) is 83.1 cm³/mol. The summed E-state index contributed by atoms with van der Waals surface area (Å²) in [5.41, 5.74) is 1.18. The molecule has 0 aliphatic rings. The van der Waals surface area contributed by atoms with Crippen molar-refractivity contribution in [1.29, 1.82) is 0 Å². The van der Waals surface area contributed by atoms with Crippen molar-refractivity contribution in [2.45, 2.75) is 53.0 Å². The minimum atomic E-state index is -0.557. The molecule has 6 heteroatoms. The van der Waals surface area contributed by atoms with Crippen molar-refractivity contribution in [3.63, 3.8) is 0 Å². The highest BCUT2D eigenvalue weighted by Gasteiger charge is 2.25. The average molecular weight is 308 g/mol. The summed E-state index contributed by atoms with van der Waals surface area (Å²) < 4.78 is 4.75. The molecule has 1 aromatic heterocycles. The van der Waals surface area contributed by atoms with Crippen LogP contribution in [-0.4, -0.2) is 35.3 Å². The van der Waals surface area contributed by atoms with Crippen molar-refractivity contribution in [3.8, 4) is 0 Å². The van der Waals surface area contributed by atoms with E-state index in [0.29, 0.717) is 17.0 Å². The zero-order valence-electron chi connectivity index (χ0n) is 14.0. The minimum absolute atomic E-state index is 0.0119. The van der Waals surface area contributed by atoms with Gasteiger partial charge in [-0.15, -0.1) is 0 Å². The van der Waals surface area contributed by atoms with Crippen LogP contribution in [-0.2, 0) is 16.0 Å². The monoisotopic (exact) mass is 308 g/mol. The number of methoxy groups -OCH3 is 1. The summed E-state index contributed by atoms with van der Waals surface area (Å²) in [6.07, 6.45) is 0.771. The number of aromatic nitrogens is 1. The number of nitrogens with one attached hydrogen (secondary N) is 2. The van der Waals surface area contributed by atoms with Crippen LogP contribution in [0.3, 0.4) is 0 Å². The molecule has 0 unspecified atom stereocenters. The quantitative estimate of drug-likeness (QED) is 0.622. The Morgan fingerprint density at radius 3 is 2.32 bits per heavy atom. The first-order valence-corrected chi connectivity index (χ1v) is 7.24. The van der Waals surface area contributed by atoms with Crippen LogP contribution in [0.4, 0.5) is 0 Å². The molecular formula is C16H24N2O4. The SMILES string of the molecule is CCC(C)(C)NC(=O)Cc1[nH]c(C(C)=O)c(C)c1C(=O)OC. The molecule has 1 rings (SSSR count). The molecule has 0 saturated carbocycles. The van der Waals surface area contributed by atoms with Crippen molar-refractivity contribution < 1.29 is 19.1 Å². The van der Waals surface area contributed by atoms with Gasteiger partial charge in [0, 0.05) is 18.2 Å². The third kappa shape index (κ3) is 3.96. The Balaban J connectivity index is 3.13. The van der Waals surface area contributed by atoms with Gasteiger partial charge in [0.15, 0.2) is 5.78 Å². The maximum absolute atomic E-state index is 12.2. The van der Waals surface area contributed by atoms with E-state index in [0.717, 1.165) is 6.42 Å². The fourth-order valence-electron chi connectivity index (χ4n) is 2.19. The number of hydrogen-bond acceptors (Lipinski definition) is 4. The van der Waals surface area contributed by atoms with E-state index < -0.39 is 5.97 Å². The van der Waals surface area contributed by atoms with Gasteiger partial charge in [-0.1, -0.05) is 6.92 Å². The molecule has 0 aliphatic carbocycles. The minimum Gasteiger partial charge on any atom is -0.465 e. The van der Waals surface area contributed by atoms with Crippen LogP contribution in [0.25, 0.3) is 0 Å². The molecular weight excluding hydrogens is 284 g/mol. The number of ether oxygens (including phenoxy) is 1. The van der Waals surface area contributed by atoms with Gasteiger partial charge < -0.3 is 15.0 Å². The van der Waals surface area contributed by atoms with Crippen molar-refractivity contribution in [3.05, 3.63) is 22.5 Å². The molecule has 2 N–H and O–H groups in total. The van der Waals surface area contributed by atoms with Gasteiger partial charge in [-0.3, -0.25) is 9.59 Å². The van der Waals surface area contributed by atoms with Gasteiger partial charge in [-0.25, -0.2) is 4.79 Å². The second kappa shape index (κ2) is 6.77. The van der Waals surface area contributed by atoms with Crippen LogP contribution in [0.2, 0.25) is 0 Å². The molecule has 1 heterocycles. The molecule has 22 heavy (non-hydrogen) atoms. The maximum Gasteiger partial charge on any atom is 0.339 e. The third-order valence-electron chi connectivity index (χ3n) is 3.77. The summed E-state index contributed by atoms with van der Waals surface area (Å²) in [6.45, 7) is 8.90. The molecule has 0 aliphatic heterocycles. The number of carbonyl (C=O) groups excluding carboxylic acids is 3. The first-order valence-electron chi connectivity index (χ1n) is 7.24. The van der Waals surface area contributed by atoms with E-state index in [4.69, 9.17) is 4.74 Å². The molecule has 122 valence electrons. The Labute approximate surface area is 130 Å². The Hall–Kier alpha value is -2.11. The molecule has 0 bridgehead atoms. The van der Waals surface area contributed by atoms with Crippen LogP contribution >= 0.6 is 0 Å². The Morgan fingerprint density at radius 1 is 1.27 bits per heavy atom. The molecule has 1 amide bonds. The van der Waals surface area contributed by atoms with Gasteiger partial charge in [-0.2, -0.15) is 0 Å². The second-order valence-corrected chi connectivity index (χ2v) is 5.99. The second-order valence-electron chi connectivity index (χ2n) is 5.99. The van der Waals surface area contributed by atoms with Gasteiger partial charge in [0.05, 0.1) is 24.8 Å². The van der Waals surface area contributed by atoms with Crippen molar-refractivity contribution in [2.24, 2.45) is 0 Å². The van der Waals surface area contributed by atoms with E-state index in [9.17, 15) is 14.4 Å². The van der Waals surface area contributed by atoms with Gasteiger partial charge in [0.25, 0.3) is 0 Å². The largest absolute Gasteiger partial charge is 0.465 e. The topological polar surface area (TPSA) is 88.3 Å². The fourth-order valence-corrected chi connectivity index (χ4v) is 2.19. The summed E-state index contributed by atoms with van der Waals surface area (Å²) in [5, 5.41) is 2.90. The molecule has 0 radical (unpaired) electrons. The van der Waals surface area contributed by atoms with E-state index in [1.165, 1.54) is 14.0 Å². The summed E-state index contributed by atoms with van der Waals surface area (Å²) in [7, 11) is 1.27. The molecule has 0 spiro atoms. The number of esters is 1. The zero-order valence-corrected chi connectivity index (χ0v) is 14.0. The summed E-state index contributed by atoms with van der Waals surface area (Å²) in [5.74, 6) is -0.963. The van der Waals surface area contributed by atoms with Gasteiger partial charge in [-0.05, 0) is 32.8 Å². The lowest BCUT2D eigenvalue weighted by molar-refractivity contribution is -0.122. The zero-order chi connectivity index (χ0) is 17.1. The predicted octanol–water partition coefficient (Wildman–Crippen LogP) is 2.16. The average Bonchev–Trinajstić information content (AvgIpc) is 2.74. The first kappa shape index (κ1) is 17.9. The highest BCUT2D eigenvalue weighted by molar-refractivity contribution is 6.01. The number of aromatic amines is 1. The number of H-pyrrole nitrogens is 1. The molecule has 0 aromatic carbocycles. The molecule has 0 fully saturated rings. The van der Waals surface area contributed by atoms with Gasteiger partial charge in [0.2, 0.25) is 5.91 Å².